The number of nitrogens with one attached hydrogen (secondary N) is 1. The van der Waals surface area contributed by atoms with E-state index in [2.05, 4.69) is 5.48 Å². The molecule has 3 aromatic rings. The van der Waals surface area contributed by atoms with Gasteiger partial charge in [0.2, 0.25) is 0 Å². The summed E-state index contributed by atoms with van der Waals surface area (Å²) in [7, 11) is 0. The Kier molecular flexibility index (Phi) is 8.60. The number of nitrogens with two attached hydrogens (primary N) is 1. The molecule has 8 nitrogen and oxygen atoms in total. The second-order valence-corrected chi connectivity index (χ2v) is 11.1. The lowest BCUT2D eigenvalue weighted by molar-refractivity contribution is -0.138. The second-order valence-electron chi connectivity index (χ2n) is 10.3. The van der Waals surface area contributed by atoms with Crippen LogP contribution in [0.3, 0.4) is 0 Å². The minimum Gasteiger partial charge on any atom is -0.478 e. The van der Waals surface area contributed by atoms with Crippen LogP contribution >= 0.6 is 23.2 Å². The van der Waals surface area contributed by atoms with Crippen molar-refractivity contribution < 1.29 is 28.7 Å². The first-order valence-electron chi connectivity index (χ1n) is 13.2. The van der Waals surface area contributed by atoms with Crippen LogP contribution in [0.25, 0.3) is 0 Å². The number of carbonyl (C=O) groups excluding carboxylic acids is 2. The Labute approximate surface area is 246 Å². The van der Waals surface area contributed by atoms with Crippen molar-refractivity contribution in [1.82, 2.24) is 10.4 Å². The van der Waals surface area contributed by atoms with Gasteiger partial charge >= 0.3 is 5.97 Å². The maximum Gasteiger partial charge on any atom is 0.335 e. The number of amides is 2. The molecule has 4 atom stereocenters. The topological polar surface area (TPSA) is 122 Å². The first-order chi connectivity index (χ1) is 19.7. The van der Waals surface area contributed by atoms with E-state index in [4.69, 9.17) is 33.8 Å². The number of halogens is 3. The largest absolute Gasteiger partial charge is 0.478 e. The molecule has 4 N–H and O–H groups in total. The predicted octanol–water partition coefficient (Wildman–Crippen LogP) is 5.63. The van der Waals surface area contributed by atoms with Gasteiger partial charge in [0, 0.05) is 33.3 Å². The van der Waals surface area contributed by atoms with Gasteiger partial charge in [0.05, 0.1) is 17.5 Å². The van der Waals surface area contributed by atoms with Crippen molar-refractivity contribution >= 4 is 41.0 Å². The van der Waals surface area contributed by atoms with Gasteiger partial charge in [-0.2, -0.15) is 0 Å². The smallest absolute Gasteiger partial charge is 0.335 e. The molecule has 0 saturated heterocycles. The van der Waals surface area contributed by atoms with Crippen molar-refractivity contribution in [3.63, 3.8) is 0 Å². The molecule has 1 heterocycles. The van der Waals surface area contributed by atoms with Crippen molar-refractivity contribution in [3.05, 3.63) is 104 Å². The summed E-state index contributed by atoms with van der Waals surface area (Å²) in [6.07, 6.45) is 3.23. The minimum atomic E-state index is -1.22. The van der Waals surface area contributed by atoms with Gasteiger partial charge in [0.1, 0.15) is 12.4 Å². The summed E-state index contributed by atoms with van der Waals surface area (Å²) < 4.78 is 14.3. The summed E-state index contributed by atoms with van der Waals surface area (Å²) >= 11 is 12.9. The summed E-state index contributed by atoms with van der Waals surface area (Å²) in [4.78, 5) is 46.4. The Morgan fingerprint density at radius 3 is 2.54 bits per heavy atom. The van der Waals surface area contributed by atoms with E-state index < -0.39 is 36.3 Å². The van der Waals surface area contributed by atoms with Gasteiger partial charge in [-0.3, -0.25) is 14.4 Å². The van der Waals surface area contributed by atoms with Crippen LogP contribution in [0.4, 0.5) is 4.39 Å². The molecule has 0 unspecified atom stereocenters. The van der Waals surface area contributed by atoms with Crippen molar-refractivity contribution in [2.24, 2.45) is 5.73 Å². The fourth-order valence-corrected chi connectivity index (χ4v) is 6.34. The van der Waals surface area contributed by atoms with Crippen LogP contribution in [-0.4, -0.2) is 39.9 Å². The number of carboxylic acids is 1. The standard InChI is InChI=1S/C30H28Cl2FN3O5/c31-18-10-11-21(22(32)14-18)27-26(28(37)35-41-15-17-13-16(30(39)40)9-12-23(17)33)19-5-1-2-6-20(19)29(38)36(27)25-8-4-3-7-24(25)34/h1-2,5-6,9-14,24-27H,3-4,7-8,15,34H2,(H,35,37)(H,39,40)/t24-,25-,26+,27-/m0/s1. The zero-order chi connectivity index (χ0) is 29.3. The highest BCUT2D eigenvalue weighted by molar-refractivity contribution is 6.35. The highest BCUT2D eigenvalue weighted by Gasteiger charge is 2.48. The van der Waals surface area contributed by atoms with E-state index in [-0.39, 0.29) is 34.1 Å². The highest BCUT2D eigenvalue weighted by Crippen LogP contribution is 2.47. The van der Waals surface area contributed by atoms with Crippen LogP contribution < -0.4 is 11.2 Å². The summed E-state index contributed by atoms with van der Waals surface area (Å²) in [6.45, 7) is -0.421. The van der Waals surface area contributed by atoms with E-state index in [1.54, 1.807) is 47.4 Å². The maximum absolute atomic E-state index is 14.3. The number of carboxylic acid groups (broad SMARTS) is 1. The van der Waals surface area contributed by atoms with Crippen molar-refractivity contribution in [2.75, 3.05) is 0 Å². The SMILES string of the molecule is N[C@H]1CCCC[C@@H]1N1C(=O)c2ccccc2[C@@H](C(=O)NOCc2cc(C(=O)O)ccc2F)[C@@H]1c1ccc(Cl)cc1Cl. The second kappa shape index (κ2) is 12.2. The van der Waals surface area contributed by atoms with Crippen LogP contribution in [0, 0.1) is 5.82 Å². The van der Waals surface area contributed by atoms with Gasteiger partial charge in [0.15, 0.2) is 0 Å². The summed E-state index contributed by atoms with van der Waals surface area (Å²) in [5.41, 5.74) is 10.2. The number of hydrogen-bond acceptors (Lipinski definition) is 5. The van der Waals surface area contributed by atoms with Crippen LogP contribution in [0.2, 0.25) is 10.0 Å². The summed E-state index contributed by atoms with van der Waals surface area (Å²) in [6, 6.07) is 13.6. The molecule has 5 rings (SSSR count). The van der Waals surface area contributed by atoms with E-state index in [9.17, 15) is 23.9 Å². The van der Waals surface area contributed by atoms with Crippen LogP contribution in [-0.2, 0) is 16.2 Å². The fraction of sp³-hybridized carbons (Fsp3) is 0.300. The van der Waals surface area contributed by atoms with E-state index in [0.29, 0.717) is 28.1 Å². The Bertz CT molecular complexity index is 1500. The van der Waals surface area contributed by atoms with Gasteiger partial charge in [-0.15, -0.1) is 0 Å². The van der Waals surface area contributed by atoms with E-state index in [1.807, 2.05) is 0 Å². The molecular formula is C30H28Cl2FN3O5. The molecular weight excluding hydrogens is 572 g/mol. The molecule has 0 aromatic heterocycles. The average Bonchev–Trinajstić information content (AvgIpc) is 2.94. The Morgan fingerprint density at radius 1 is 1.05 bits per heavy atom. The zero-order valence-corrected chi connectivity index (χ0v) is 23.4. The Balaban J connectivity index is 1.54. The maximum atomic E-state index is 14.3. The summed E-state index contributed by atoms with van der Waals surface area (Å²) in [5.74, 6) is -3.71. The lowest BCUT2D eigenvalue weighted by atomic mass is 9.76. The third-order valence-corrected chi connectivity index (χ3v) is 8.33. The molecule has 3 aromatic carbocycles. The van der Waals surface area contributed by atoms with Crippen LogP contribution in [0.5, 0.6) is 0 Å². The monoisotopic (exact) mass is 599 g/mol. The molecule has 0 spiro atoms. The first-order valence-corrected chi connectivity index (χ1v) is 14.0. The van der Waals surface area contributed by atoms with Crippen molar-refractivity contribution in [3.8, 4) is 0 Å². The number of hydroxylamine groups is 1. The van der Waals surface area contributed by atoms with Crippen molar-refractivity contribution in [1.29, 1.82) is 0 Å². The number of benzene rings is 3. The van der Waals surface area contributed by atoms with Crippen LogP contribution in [0.1, 0.15) is 75.0 Å². The molecule has 214 valence electrons. The molecule has 1 fully saturated rings. The minimum absolute atomic E-state index is 0.0449. The first kappa shape index (κ1) is 29.0. The van der Waals surface area contributed by atoms with Gasteiger partial charge in [-0.25, -0.2) is 14.7 Å². The number of hydrogen-bond donors (Lipinski definition) is 3. The summed E-state index contributed by atoms with van der Waals surface area (Å²) in [5, 5.41) is 9.92. The normalized spacial score (nSPS) is 22.2. The highest BCUT2D eigenvalue weighted by atomic mass is 35.5. The lowest BCUT2D eigenvalue weighted by Crippen LogP contribution is -2.57. The molecule has 1 aliphatic heterocycles. The molecule has 0 bridgehead atoms. The Hall–Kier alpha value is -3.50. The average molecular weight is 600 g/mol. The molecule has 1 saturated carbocycles. The molecule has 1 aliphatic carbocycles. The van der Waals surface area contributed by atoms with E-state index >= 15 is 0 Å². The number of aromatic carboxylic acids is 1. The van der Waals surface area contributed by atoms with Gasteiger partial charge in [-0.05, 0) is 60.4 Å². The quantitative estimate of drug-likeness (QED) is 0.303. The molecule has 0 radical (unpaired) electrons. The van der Waals surface area contributed by atoms with E-state index in [1.165, 1.54) is 0 Å². The molecule has 41 heavy (non-hydrogen) atoms. The zero-order valence-electron chi connectivity index (χ0n) is 21.9. The van der Waals surface area contributed by atoms with Gasteiger partial charge < -0.3 is 15.7 Å². The molecule has 2 amide bonds. The van der Waals surface area contributed by atoms with Gasteiger partial charge in [0.25, 0.3) is 11.8 Å². The molecule has 11 heteroatoms. The van der Waals surface area contributed by atoms with E-state index in [0.717, 1.165) is 37.5 Å². The number of carbonyl (C=O) groups is 3. The van der Waals surface area contributed by atoms with Crippen molar-refractivity contribution in [2.45, 2.75) is 56.3 Å². The van der Waals surface area contributed by atoms with Crippen LogP contribution in [0.15, 0.2) is 60.7 Å². The Morgan fingerprint density at radius 2 is 1.80 bits per heavy atom. The fourth-order valence-electron chi connectivity index (χ4n) is 5.82. The third kappa shape index (κ3) is 5.81. The van der Waals surface area contributed by atoms with Gasteiger partial charge in [-0.1, -0.05) is 60.3 Å². The number of fused-ring (bicyclic) bond motifs is 1. The lowest BCUT2D eigenvalue weighted by Gasteiger charge is -2.48. The molecule has 2 aliphatic rings. The third-order valence-electron chi connectivity index (χ3n) is 7.77. The predicted molar refractivity (Wildman–Crippen MR) is 151 cm³/mol. The number of rotatable bonds is 7. The number of nitrogens with zero attached hydrogens (tertiary/aromatic N) is 1.